The third-order valence-corrected chi connectivity index (χ3v) is 4.10. The number of sulfonamides is 1. The van der Waals surface area contributed by atoms with Crippen LogP contribution in [-0.4, -0.2) is 49.7 Å². The van der Waals surface area contributed by atoms with E-state index < -0.39 is 10.0 Å². The molecule has 1 N–H and O–H groups in total. The highest BCUT2D eigenvalue weighted by molar-refractivity contribution is 7.88. The molecule has 0 aromatic rings. The Kier molecular flexibility index (Phi) is 6.94. The normalized spacial score (nSPS) is 20.5. The Morgan fingerprint density at radius 2 is 2.43 bits per heavy atom. The van der Waals surface area contributed by atoms with E-state index in [-0.39, 0.29) is 37.4 Å². The van der Waals surface area contributed by atoms with Crippen molar-refractivity contribution in [2.75, 3.05) is 26.0 Å². The summed E-state index contributed by atoms with van der Waals surface area (Å²) in [7, 11) is -3.48. The summed E-state index contributed by atoms with van der Waals surface area (Å²) in [6.45, 7) is 3.90. The molecule has 0 aromatic heterocycles. The van der Waals surface area contributed by atoms with Crippen LogP contribution in [0.2, 0.25) is 0 Å². The summed E-state index contributed by atoms with van der Waals surface area (Å²) in [6, 6.07) is 0. The number of aliphatic imine (C=N–C) groups is 1. The molecular formula is C13H19ClN2O4S. The fourth-order valence-electron chi connectivity index (χ4n) is 1.74. The van der Waals surface area contributed by atoms with E-state index in [4.69, 9.17) is 16.3 Å². The lowest BCUT2D eigenvalue weighted by Crippen LogP contribution is -2.37. The molecule has 0 aliphatic carbocycles. The molecule has 1 heterocycles. The predicted molar refractivity (Wildman–Crippen MR) is 83.4 cm³/mol. The molecule has 0 amide bonds. The molecule has 6 nitrogen and oxygen atoms in total. The minimum absolute atomic E-state index is 0.0785. The summed E-state index contributed by atoms with van der Waals surface area (Å²) in [6.07, 6.45) is 6.28. The van der Waals surface area contributed by atoms with E-state index in [0.29, 0.717) is 6.42 Å². The predicted octanol–water partition coefficient (Wildman–Crippen LogP) is 1.46. The summed E-state index contributed by atoms with van der Waals surface area (Å²) in [5, 5.41) is 9.18. The van der Waals surface area contributed by atoms with Gasteiger partial charge in [0, 0.05) is 24.6 Å². The SMILES string of the molecule is C=CC(=NC1=CC[C@@H](CO)CN1S(C)(=O)=O)OC/C=C\Cl. The lowest BCUT2D eigenvalue weighted by molar-refractivity contribution is 0.202. The number of ether oxygens (including phenoxy) is 1. The van der Waals surface area contributed by atoms with Gasteiger partial charge >= 0.3 is 0 Å². The summed E-state index contributed by atoms with van der Waals surface area (Å²) < 4.78 is 30.1. The van der Waals surface area contributed by atoms with E-state index in [9.17, 15) is 13.5 Å². The number of rotatable bonds is 6. The maximum Gasteiger partial charge on any atom is 0.233 e. The Morgan fingerprint density at radius 1 is 1.71 bits per heavy atom. The zero-order valence-corrected chi connectivity index (χ0v) is 13.3. The Labute approximate surface area is 130 Å². The van der Waals surface area contributed by atoms with Gasteiger partial charge in [0.2, 0.25) is 15.9 Å². The minimum Gasteiger partial charge on any atom is -0.473 e. The number of nitrogens with zero attached hydrogens (tertiary/aromatic N) is 2. The monoisotopic (exact) mass is 334 g/mol. The van der Waals surface area contributed by atoms with Crippen molar-refractivity contribution in [2.24, 2.45) is 10.9 Å². The van der Waals surface area contributed by atoms with E-state index in [1.807, 2.05) is 0 Å². The average Bonchev–Trinajstić information content (AvgIpc) is 2.45. The summed E-state index contributed by atoms with van der Waals surface area (Å²) in [5.41, 5.74) is 1.31. The van der Waals surface area contributed by atoms with Gasteiger partial charge in [-0.15, -0.1) is 0 Å². The van der Waals surface area contributed by atoms with Gasteiger partial charge < -0.3 is 9.84 Å². The fraction of sp³-hybridized carbons (Fsp3) is 0.462. The fourth-order valence-corrected chi connectivity index (χ4v) is 2.74. The molecule has 0 radical (unpaired) electrons. The van der Waals surface area contributed by atoms with E-state index in [1.54, 1.807) is 12.2 Å². The van der Waals surface area contributed by atoms with Crippen LogP contribution in [0.5, 0.6) is 0 Å². The van der Waals surface area contributed by atoms with Gasteiger partial charge in [-0.05, 0) is 24.6 Å². The van der Waals surface area contributed by atoms with Crippen molar-refractivity contribution >= 4 is 27.5 Å². The Hall–Kier alpha value is -1.31. The topological polar surface area (TPSA) is 79.2 Å². The summed E-state index contributed by atoms with van der Waals surface area (Å²) in [4.78, 5) is 4.17. The molecule has 0 bridgehead atoms. The minimum atomic E-state index is -3.48. The van der Waals surface area contributed by atoms with Crippen LogP contribution in [-0.2, 0) is 14.8 Å². The first-order chi connectivity index (χ1) is 9.92. The van der Waals surface area contributed by atoms with Crippen LogP contribution in [0.15, 0.2) is 41.2 Å². The standard InChI is InChI=1S/C13H19ClN2O4S/c1-3-13(20-8-4-7-14)15-12-6-5-11(10-17)9-16(12)21(2,18)19/h3-4,6-7,11,17H,1,5,8-10H2,2H3/b7-4-,15-13?/t11-/m1/s1. The van der Waals surface area contributed by atoms with Crippen molar-refractivity contribution in [3.8, 4) is 0 Å². The van der Waals surface area contributed by atoms with E-state index in [0.717, 1.165) is 10.6 Å². The maximum atomic E-state index is 11.8. The molecule has 0 saturated heterocycles. The molecule has 0 spiro atoms. The zero-order valence-electron chi connectivity index (χ0n) is 11.8. The molecule has 0 fully saturated rings. The summed E-state index contributed by atoms with van der Waals surface area (Å²) in [5.74, 6) is 0.338. The molecular weight excluding hydrogens is 316 g/mol. The van der Waals surface area contributed by atoms with Crippen LogP contribution < -0.4 is 0 Å². The third-order valence-electron chi connectivity index (χ3n) is 2.79. The van der Waals surface area contributed by atoms with Crippen LogP contribution in [0.25, 0.3) is 0 Å². The van der Waals surface area contributed by atoms with Crippen LogP contribution in [0, 0.1) is 5.92 Å². The molecule has 1 atom stereocenters. The van der Waals surface area contributed by atoms with Gasteiger partial charge in [0.05, 0.1) is 6.26 Å². The Balaban J connectivity index is 3.00. The largest absolute Gasteiger partial charge is 0.473 e. The maximum absolute atomic E-state index is 11.8. The van der Waals surface area contributed by atoms with Gasteiger partial charge in [-0.25, -0.2) is 8.42 Å². The molecule has 21 heavy (non-hydrogen) atoms. The quantitative estimate of drug-likeness (QED) is 0.589. The van der Waals surface area contributed by atoms with Gasteiger partial charge in [0.25, 0.3) is 0 Å². The number of hydrogen-bond acceptors (Lipinski definition) is 5. The van der Waals surface area contributed by atoms with Crippen LogP contribution in [0.4, 0.5) is 0 Å². The van der Waals surface area contributed by atoms with E-state index in [2.05, 4.69) is 11.6 Å². The first-order valence-electron chi connectivity index (χ1n) is 6.30. The van der Waals surface area contributed by atoms with Crippen molar-refractivity contribution in [1.29, 1.82) is 0 Å². The van der Waals surface area contributed by atoms with E-state index >= 15 is 0 Å². The van der Waals surface area contributed by atoms with Gasteiger partial charge in [-0.3, -0.25) is 4.31 Å². The van der Waals surface area contributed by atoms with Crippen molar-refractivity contribution in [3.05, 3.63) is 36.2 Å². The number of hydrogen-bond donors (Lipinski definition) is 1. The van der Waals surface area contributed by atoms with Crippen LogP contribution in [0.1, 0.15) is 6.42 Å². The number of allylic oxidation sites excluding steroid dienone is 1. The second-order valence-electron chi connectivity index (χ2n) is 4.47. The second-order valence-corrected chi connectivity index (χ2v) is 6.63. The van der Waals surface area contributed by atoms with Gasteiger partial charge in [0.1, 0.15) is 12.4 Å². The molecule has 0 aromatic carbocycles. The van der Waals surface area contributed by atoms with Crippen LogP contribution in [0.3, 0.4) is 0 Å². The highest BCUT2D eigenvalue weighted by Crippen LogP contribution is 2.23. The smallest absolute Gasteiger partial charge is 0.233 e. The molecule has 0 unspecified atom stereocenters. The van der Waals surface area contributed by atoms with Crippen molar-refractivity contribution in [3.63, 3.8) is 0 Å². The molecule has 118 valence electrons. The molecule has 1 aliphatic rings. The Bertz CT molecular complexity index is 555. The van der Waals surface area contributed by atoms with Crippen LogP contribution >= 0.6 is 11.6 Å². The average molecular weight is 335 g/mol. The van der Waals surface area contributed by atoms with Gasteiger partial charge in [-0.2, -0.15) is 4.99 Å². The first-order valence-corrected chi connectivity index (χ1v) is 8.58. The number of halogens is 1. The van der Waals surface area contributed by atoms with Crippen molar-refractivity contribution < 1.29 is 18.3 Å². The lowest BCUT2D eigenvalue weighted by Gasteiger charge is -2.30. The number of aliphatic hydroxyl groups is 1. The highest BCUT2D eigenvalue weighted by Gasteiger charge is 2.27. The Morgan fingerprint density at radius 3 is 2.95 bits per heavy atom. The first kappa shape index (κ1) is 17.7. The lowest BCUT2D eigenvalue weighted by atomic mass is 10.0. The number of aliphatic hydroxyl groups excluding tert-OH is 1. The van der Waals surface area contributed by atoms with Crippen molar-refractivity contribution in [2.45, 2.75) is 6.42 Å². The molecule has 8 heteroatoms. The van der Waals surface area contributed by atoms with Gasteiger partial charge in [0.15, 0.2) is 0 Å². The third kappa shape index (κ3) is 5.53. The molecule has 1 rings (SSSR count). The van der Waals surface area contributed by atoms with E-state index in [1.165, 1.54) is 11.6 Å². The second kappa shape index (κ2) is 8.21. The summed E-state index contributed by atoms with van der Waals surface area (Å²) >= 11 is 5.39. The van der Waals surface area contributed by atoms with Crippen molar-refractivity contribution in [1.82, 2.24) is 4.31 Å². The van der Waals surface area contributed by atoms with Gasteiger partial charge in [-0.1, -0.05) is 18.2 Å². The molecule has 1 aliphatic heterocycles. The highest BCUT2D eigenvalue weighted by atomic mass is 35.5. The zero-order chi connectivity index (χ0) is 15.9. The molecule has 0 saturated carbocycles.